The molecule has 0 aliphatic heterocycles. The standard InChI is InChI=1S/C29H28N4O2/c1-18-10-14-23(15-11-18)32-28(34)25(20(3)30-32)27(22-8-6-5-7-9-22)26-21(4)31-33(29(26)35)24-16-12-19(2)13-17-24/h5-17,27,30-31H,1-4H3. The van der Waals surface area contributed by atoms with E-state index in [0.29, 0.717) is 11.1 Å². The first-order valence-corrected chi connectivity index (χ1v) is 11.7. The molecule has 2 N–H and O–H groups in total. The van der Waals surface area contributed by atoms with Gasteiger partial charge in [-0.2, -0.15) is 0 Å². The number of nitrogens with zero attached hydrogens (tertiary/aromatic N) is 2. The molecule has 0 aliphatic carbocycles. The second kappa shape index (κ2) is 8.80. The summed E-state index contributed by atoms with van der Waals surface area (Å²) in [5, 5.41) is 6.47. The molecule has 6 heteroatoms. The van der Waals surface area contributed by atoms with Gasteiger partial charge >= 0.3 is 0 Å². The lowest BCUT2D eigenvalue weighted by Gasteiger charge is -2.15. The van der Waals surface area contributed by atoms with Crippen LogP contribution in [0, 0.1) is 27.7 Å². The van der Waals surface area contributed by atoms with Gasteiger partial charge in [0.25, 0.3) is 11.1 Å². The number of H-pyrrole nitrogens is 2. The van der Waals surface area contributed by atoms with Crippen LogP contribution >= 0.6 is 0 Å². The van der Waals surface area contributed by atoms with Gasteiger partial charge in [0.15, 0.2) is 0 Å². The molecule has 6 nitrogen and oxygen atoms in total. The highest BCUT2D eigenvalue weighted by atomic mass is 16.1. The van der Waals surface area contributed by atoms with Crippen LogP contribution in [-0.4, -0.2) is 19.6 Å². The smallest absolute Gasteiger partial charge is 0.275 e. The Morgan fingerprint density at radius 3 is 1.37 bits per heavy atom. The Hall–Kier alpha value is -4.32. The molecule has 0 spiro atoms. The van der Waals surface area contributed by atoms with E-state index in [1.54, 1.807) is 9.36 Å². The molecule has 5 aromatic rings. The van der Waals surface area contributed by atoms with Gasteiger partial charge in [-0.05, 0) is 57.5 Å². The van der Waals surface area contributed by atoms with Crippen LogP contribution in [0.4, 0.5) is 0 Å². The molecule has 0 unspecified atom stereocenters. The molecule has 35 heavy (non-hydrogen) atoms. The number of aromatic nitrogens is 4. The Balaban J connectivity index is 1.74. The maximum Gasteiger partial charge on any atom is 0.275 e. The number of aryl methyl sites for hydroxylation is 4. The third-order valence-electron chi connectivity index (χ3n) is 6.53. The van der Waals surface area contributed by atoms with Gasteiger partial charge in [0.2, 0.25) is 0 Å². The van der Waals surface area contributed by atoms with Crippen molar-refractivity contribution in [2.75, 3.05) is 0 Å². The summed E-state index contributed by atoms with van der Waals surface area (Å²) < 4.78 is 3.11. The third-order valence-corrected chi connectivity index (χ3v) is 6.53. The zero-order valence-corrected chi connectivity index (χ0v) is 20.3. The molecule has 0 bridgehead atoms. The summed E-state index contributed by atoms with van der Waals surface area (Å²) in [4.78, 5) is 27.6. The van der Waals surface area contributed by atoms with E-state index in [9.17, 15) is 9.59 Å². The Kier molecular flexibility index (Phi) is 5.65. The van der Waals surface area contributed by atoms with E-state index in [2.05, 4.69) is 10.2 Å². The minimum atomic E-state index is -0.526. The summed E-state index contributed by atoms with van der Waals surface area (Å²) in [7, 11) is 0. The molecule has 0 aliphatic rings. The monoisotopic (exact) mass is 464 g/mol. The number of rotatable bonds is 5. The van der Waals surface area contributed by atoms with Crippen molar-refractivity contribution < 1.29 is 0 Å². The minimum Gasteiger partial charge on any atom is -0.295 e. The van der Waals surface area contributed by atoms with Gasteiger partial charge in [-0.25, -0.2) is 9.36 Å². The highest BCUT2D eigenvalue weighted by Gasteiger charge is 2.30. The maximum absolute atomic E-state index is 13.8. The van der Waals surface area contributed by atoms with E-state index in [-0.39, 0.29) is 11.1 Å². The molecular weight excluding hydrogens is 436 g/mol. The number of hydrogen-bond donors (Lipinski definition) is 2. The maximum atomic E-state index is 13.8. The van der Waals surface area contributed by atoms with Crippen LogP contribution < -0.4 is 11.1 Å². The number of benzene rings is 3. The van der Waals surface area contributed by atoms with Crippen LogP contribution in [0.1, 0.15) is 45.1 Å². The Labute approximate surface area is 203 Å². The van der Waals surface area contributed by atoms with E-state index in [1.165, 1.54) is 0 Å². The van der Waals surface area contributed by atoms with Crippen LogP contribution in [0.15, 0.2) is 88.5 Å². The summed E-state index contributed by atoms with van der Waals surface area (Å²) in [5.74, 6) is -0.526. The quantitative estimate of drug-likeness (QED) is 0.382. The average molecular weight is 465 g/mol. The van der Waals surface area contributed by atoms with Crippen LogP contribution in [0.5, 0.6) is 0 Å². The third kappa shape index (κ3) is 3.97. The SMILES string of the molecule is Cc1ccc(-n2[nH]c(C)c(C(c3ccccc3)c3c(C)[nH]n(-c4ccc(C)cc4)c3=O)c2=O)cc1. The second-order valence-corrected chi connectivity index (χ2v) is 9.10. The Morgan fingerprint density at radius 1 is 0.571 bits per heavy atom. The predicted molar refractivity (Wildman–Crippen MR) is 139 cm³/mol. The number of nitrogens with one attached hydrogen (secondary N) is 2. The summed E-state index contributed by atoms with van der Waals surface area (Å²) in [6.45, 7) is 7.80. The van der Waals surface area contributed by atoms with Gasteiger partial charge in [0, 0.05) is 17.3 Å². The van der Waals surface area contributed by atoms with E-state index in [1.807, 2.05) is 107 Å². The summed E-state index contributed by atoms with van der Waals surface area (Å²) in [6.07, 6.45) is 0. The fraction of sp³-hybridized carbons (Fsp3) is 0.172. The van der Waals surface area contributed by atoms with Crippen molar-refractivity contribution in [3.8, 4) is 11.4 Å². The summed E-state index contributed by atoms with van der Waals surface area (Å²) >= 11 is 0. The van der Waals surface area contributed by atoms with Crippen LogP contribution in [-0.2, 0) is 0 Å². The lowest BCUT2D eigenvalue weighted by Crippen LogP contribution is -2.25. The molecule has 0 atom stereocenters. The van der Waals surface area contributed by atoms with Gasteiger partial charge in [-0.15, -0.1) is 0 Å². The zero-order valence-electron chi connectivity index (χ0n) is 20.3. The molecule has 0 radical (unpaired) electrons. The van der Waals surface area contributed by atoms with Crippen LogP contribution in [0.2, 0.25) is 0 Å². The van der Waals surface area contributed by atoms with Gasteiger partial charge < -0.3 is 0 Å². The first kappa shape index (κ1) is 22.5. The topological polar surface area (TPSA) is 75.6 Å². The van der Waals surface area contributed by atoms with Crippen molar-refractivity contribution in [1.29, 1.82) is 0 Å². The Morgan fingerprint density at radius 2 is 0.971 bits per heavy atom. The van der Waals surface area contributed by atoms with E-state index >= 15 is 0 Å². The molecular formula is C29H28N4O2. The molecule has 176 valence electrons. The molecule has 0 saturated carbocycles. The Bertz CT molecular complexity index is 1500. The van der Waals surface area contributed by atoms with Crippen molar-refractivity contribution in [2.24, 2.45) is 0 Å². The summed E-state index contributed by atoms with van der Waals surface area (Å²) in [6, 6.07) is 25.3. The van der Waals surface area contributed by atoms with E-state index < -0.39 is 5.92 Å². The highest BCUT2D eigenvalue weighted by Crippen LogP contribution is 2.32. The predicted octanol–water partition coefficient (Wildman–Crippen LogP) is 5.06. The number of hydrogen-bond acceptors (Lipinski definition) is 2. The fourth-order valence-electron chi connectivity index (χ4n) is 4.67. The van der Waals surface area contributed by atoms with Crippen molar-refractivity contribution in [2.45, 2.75) is 33.6 Å². The first-order valence-electron chi connectivity index (χ1n) is 11.7. The van der Waals surface area contributed by atoms with E-state index in [4.69, 9.17) is 0 Å². The van der Waals surface area contributed by atoms with Gasteiger partial charge in [0.1, 0.15) is 0 Å². The molecule has 2 aromatic heterocycles. The van der Waals surface area contributed by atoms with Crippen molar-refractivity contribution in [3.63, 3.8) is 0 Å². The summed E-state index contributed by atoms with van der Waals surface area (Å²) in [5.41, 5.74) is 6.88. The molecule has 0 amide bonds. The molecule has 3 aromatic carbocycles. The van der Waals surface area contributed by atoms with Crippen molar-refractivity contribution in [1.82, 2.24) is 19.6 Å². The van der Waals surface area contributed by atoms with Crippen molar-refractivity contribution >= 4 is 0 Å². The number of aromatic amines is 2. The highest BCUT2D eigenvalue weighted by molar-refractivity contribution is 5.47. The van der Waals surface area contributed by atoms with Gasteiger partial charge in [-0.3, -0.25) is 19.8 Å². The molecule has 5 rings (SSSR count). The van der Waals surface area contributed by atoms with Crippen molar-refractivity contribution in [3.05, 3.63) is 139 Å². The minimum absolute atomic E-state index is 0.165. The lowest BCUT2D eigenvalue weighted by molar-refractivity contribution is 0.830. The first-order chi connectivity index (χ1) is 16.8. The van der Waals surface area contributed by atoms with Crippen LogP contribution in [0.25, 0.3) is 11.4 Å². The normalized spacial score (nSPS) is 11.3. The fourth-order valence-corrected chi connectivity index (χ4v) is 4.67. The largest absolute Gasteiger partial charge is 0.295 e. The van der Waals surface area contributed by atoms with Crippen LogP contribution in [0.3, 0.4) is 0 Å². The molecule has 0 saturated heterocycles. The van der Waals surface area contributed by atoms with Gasteiger partial charge in [0.05, 0.1) is 22.5 Å². The molecule has 0 fully saturated rings. The van der Waals surface area contributed by atoms with Gasteiger partial charge in [-0.1, -0.05) is 65.7 Å². The lowest BCUT2D eigenvalue weighted by atomic mass is 9.85. The second-order valence-electron chi connectivity index (χ2n) is 9.10. The van der Waals surface area contributed by atoms with E-state index in [0.717, 1.165) is 39.5 Å². The molecule has 2 heterocycles. The zero-order chi connectivity index (χ0) is 24.7. The average Bonchev–Trinajstić information content (AvgIpc) is 3.31.